The molecule has 0 radical (unpaired) electrons. The van der Waals surface area contributed by atoms with Crippen LogP contribution in [-0.4, -0.2) is 42.9 Å². The van der Waals surface area contributed by atoms with Crippen molar-refractivity contribution in [3.05, 3.63) is 121 Å². The van der Waals surface area contributed by atoms with Gasteiger partial charge in [0.1, 0.15) is 0 Å². The number of hydrogen-bond acceptors (Lipinski definition) is 5. The minimum atomic E-state index is -0.523. The first kappa shape index (κ1) is 42.6. The van der Waals surface area contributed by atoms with Crippen molar-refractivity contribution in [1.29, 1.82) is 0 Å². The Kier molecular flexibility index (Phi) is 16.8. The zero-order valence-corrected chi connectivity index (χ0v) is 35.1. The fourth-order valence-electron chi connectivity index (χ4n) is 4.71. The maximum absolute atomic E-state index is 8.08. The Morgan fingerprint density at radius 1 is 0.654 bits per heavy atom. The van der Waals surface area contributed by atoms with Gasteiger partial charge in [0, 0.05) is 10.6 Å². The van der Waals surface area contributed by atoms with E-state index in [1.165, 1.54) is 6.42 Å². The summed E-state index contributed by atoms with van der Waals surface area (Å²) in [5.74, 6) is 0. The van der Waals surface area contributed by atoms with Gasteiger partial charge in [-0.15, -0.1) is 0 Å². The monoisotopic (exact) mass is 764 g/mol. The third-order valence-corrected chi connectivity index (χ3v) is 9.73. The number of benzene rings is 4. The van der Waals surface area contributed by atoms with Gasteiger partial charge in [-0.3, -0.25) is 0 Å². The molecule has 0 aromatic heterocycles. The Hall–Kier alpha value is -2.11. The summed E-state index contributed by atoms with van der Waals surface area (Å²) in [6.45, 7) is 25.8. The Bertz CT molecular complexity index is 1670. The van der Waals surface area contributed by atoms with E-state index in [-0.39, 0.29) is 47.4 Å². The van der Waals surface area contributed by atoms with Crippen molar-refractivity contribution in [2.75, 3.05) is 0 Å². The van der Waals surface area contributed by atoms with Crippen LogP contribution in [0, 0.1) is 6.92 Å². The van der Waals surface area contributed by atoms with Crippen LogP contribution in [-0.2, 0) is 23.3 Å². The van der Waals surface area contributed by atoms with E-state index in [1.54, 1.807) is 6.07 Å². The first-order chi connectivity index (χ1) is 24.7. The molecule has 2 aliphatic heterocycles. The molecule has 4 aromatic rings. The van der Waals surface area contributed by atoms with Gasteiger partial charge in [-0.2, -0.15) is 6.42 Å². The third-order valence-electron chi connectivity index (χ3n) is 9.27. The summed E-state index contributed by atoms with van der Waals surface area (Å²) < 4.78 is 45.5. The fourth-order valence-corrected chi connectivity index (χ4v) is 5.09. The number of rotatable bonds is 6. The molecule has 5 nitrogen and oxygen atoms in total. The van der Waals surface area contributed by atoms with Gasteiger partial charge < -0.3 is 30.2 Å². The summed E-state index contributed by atoms with van der Waals surface area (Å²) in [6, 6.07) is 32.5. The Labute approximate surface area is 339 Å². The van der Waals surface area contributed by atoms with Gasteiger partial charge in [0.05, 0.1) is 25.1 Å². The number of hydrogen-bond donors (Lipinski definition) is 0. The summed E-state index contributed by atoms with van der Waals surface area (Å²) in [7, 11) is -0.956. The second kappa shape index (κ2) is 20.5. The van der Waals surface area contributed by atoms with Crippen molar-refractivity contribution in [3.8, 4) is 22.3 Å². The van der Waals surface area contributed by atoms with Crippen LogP contribution in [0.3, 0.4) is 0 Å². The van der Waals surface area contributed by atoms with Gasteiger partial charge in [0.2, 0.25) is 0 Å². The van der Waals surface area contributed by atoms with E-state index in [1.807, 2.05) is 154 Å². The van der Waals surface area contributed by atoms with Crippen LogP contribution < -0.4 is 24.3 Å². The minimum absolute atomic E-state index is 0. The third kappa shape index (κ3) is 13.3. The summed E-state index contributed by atoms with van der Waals surface area (Å²) >= 11 is 3.39. The maximum atomic E-state index is 8.08. The summed E-state index contributed by atoms with van der Waals surface area (Å²) in [5.41, 5.74) is 3.87. The predicted octanol–water partition coefficient (Wildman–Crippen LogP) is 8.39. The molecule has 0 aliphatic carbocycles. The molecule has 2 fully saturated rings. The predicted molar refractivity (Wildman–Crippen MR) is 220 cm³/mol. The van der Waals surface area contributed by atoms with E-state index in [2.05, 4.69) is 35.8 Å². The van der Waals surface area contributed by atoms with Gasteiger partial charge in [-0.05, 0) is 109 Å². The van der Waals surface area contributed by atoms with Crippen LogP contribution in [0.5, 0.6) is 0 Å². The molecule has 0 spiro atoms. The zero-order chi connectivity index (χ0) is 39.6. The summed E-state index contributed by atoms with van der Waals surface area (Å²) in [4.78, 5) is 0. The smallest absolute Gasteiger partial charge is 0.399 e. The molecule has 0 amide bonds. The van der Waals surface area contributed by atoms with Crippen molar-refractivity contribution >= 4 is 35.8 Å². The second-order valence-corrected chi connectivity index (χ2v) is 15.8. The average molecular weight is 765 g/mol. The second-order valence-electron chi connectivity index (χ2n) is 14.9. The van der Waals surface area contributed by atoms with Crippen molar-refractivity contribution in [3.63, 3.8) is 0 Å². The van der Waals surface area contributed by atoms with E-state index in [4.69, 9.17) is 26.0 Å². The minimum Gasteiger partial charge on any atom is -0.399 e. The molecule has 0 unspecified atom stereocenters. The molecular weight excluding hydrogens is 705 g/mol. The standard InChI is InChI=1S/C18H21BO2.C12H9Br.C9H19BO3.C4H9.Li/c1-17(2)18(3,4)21-19(20-17)16-12-8-11-15(13-16)14-9-6-5-7-10-14;13-12-8-4-7-11(9-12)10-5-2-1-3-6-10;1-7(2)11-10-12-8(3,4)9(5,6)13-10;1-3-4-2;/h5-13H,1-4H3;1-9H;7H,1-6H3;1,3-4H2,2H3;/q;;;-1;+1/i8D;4D;;;. The Balaban J connectivity index is 0.000000275. The summed E-state index contributed by atoms with van der Waals surface area (Å²) in [6.07, 6.45) is 2.40. The molecule has 9 heteroatoms. The number of halogens is 1. The van der Waals surface area contributed by atoms with Crippen molar-refractivity contribution < 1.29 is 44.9 Å². The normalized spacial score (nSPS) is 18.0. The first-order valence-corrected chi connectivity index (χ1v) is 18.6. The van der Waals surface area contributed by atoms with E-state index in [0.717, 1.165) is 38.6 Å². The van der Waals surface area contributed by atoms with E-state index in [9.17, 15) is 0 Å². The Morgan fingerprint density at radius 2 is 1.06 bits per heavy atom. The molecule has 2 aliphatic rings. The summed E-state index contributed by atoms with van der Waals surface area (Å²) in [5, 5.41) is 0. The topological polar surface area (TPSA) is 46.2 Å². The van der Waals surface area contributed by atoms with Crippen molar-refractivity contribution in [2.24, 2.45) is 0 Å². The molecule has 6 rings (SSSR count). The van der Waals surface area contributed by atoms with Gasteiger partial charge in [0.25, 0.3) is 0 Å². The molecule has 274 valence electrons. The van der Waals surface area contributed by atoms with E-state index < -0.39 is 14.4 Å². The van der Waals surface area contributed by atoms with Crippen LogP contribution in [0.2, 0.25) is 0 Å². The molecule has 52 heavy (non-hydrogen) atoms. The van der Waals surface area contributed by atoms with E-state index in [0.29, 0.717) is 12.1 Å². The Morgan fingerprint density at radius 3 is 1.46 bits per heavy atom. The molecule has 4 aromatic carbocycles. The molecular formula is C43H58B2BrLiO5. The van der Waals surface area contributed by atoms with Gasteiger partial charge in [-0.25, -0.2) is 0 Å². The average Bonchev–Trinajstić information content (AvgIpc) is 3.43. The first-order valence-electron chi connectivity index (χ1n) is 18.9. The molecule has 0 bridgehead atoms. The zero-order valence-electron chi connectivity index (χ0n) is 35.5. The molecule has 0 saturated carbocycles. The van der Waals surface area contributed by atoms with Crippen LogP contribution in [0.15, 0.2) is 114 Å². The fraction of sp³-hybridized carbons (Fsp3) is 0.419. The van der Waals surface area contributed by atoms with Crippen LogP contribution in [0.4, 0.5) is 0 Å². The molecule has 0 N–H and O–H groups in total. The molecule has 0 atom stereocenters. The molecule has 2 heterocycles. The van der Waals surface area contributed by atoms with Crippen LogP contribution >= 0.6 is 15.9 Å². The van der Waals surface area contributed by atoms with Crippen molar-refractivity contribution in [2.45, 2.75) is 118 Å². The van der Waals surface area contributed by atoms with Gasteiger partial charge in [0.15, 0.2) is 0 Å². The quantitative estimate of drug-likeness (QED) is 0.146. The maximum Gasteiger partial charge on any atom is 1.00 e. The van der Waals surface area contributed by atoms with Gasteiger partial charge in [-0.1, -0.05) is 126 Å². The molecule has 2 saturated heterocycles. The van der Waals surface area contributed by atoms with Crippen molar-refractivity contribution in [1.82, 2.24) is 0 Å². The van der Waals surface area contributed by atoms with Gasteiger partial charge >= 0.3 is 33.3 Å². The van der Waals surface area contributed by atoms with Crippen LogP contribution in [0.1, 0.15) is 91.7 Å². The van der Waals surface area contributed by atoms with E-state index >= 15 is 0 Å². The van der Waals surface area contributed by atoms with Crippen LogP contribution in [0.25, 0.3) is 22.3 Å². The largest absolute Gasteiger partial charge is 1.00 e. The number of unbranched alkanes of at least 4 members (excludes halogenated alkanes) is 1. The SMILES string of the molecule is CC(C)OB1OC(C)(C)C(C)(C)O1.[2H]c1cc(B2OC(C)(C)C(C)(C)O2)cc(-c2ccccc2)c1.[2H]c1cc(Br)cc(-c2ccccc2)c1.[CH2-]CCC.[Li+].